The molecule has 0 radical (unpaired) electrons. The molecule has 0 fully saturated rings. The normalized spacial score (nSPS) is 10.9. The van der Waals surface area contributed by atoms with E-state index in [1.807, 2.05) is 50.3 Å². The van der Waals surface area contributed by atoms with Gasteiger partial charge in [-0.25, -0.2) is 4.98 Å². The highest BCUT2D eigenvalue weighted by molar-refractivity contribution is 5.82. The van der Waals surface area contributed by atoms with Crippen LogP contribution in [-0.4, -0.2) is 33.4 Å². The van der Waals surface area contributed by atoms with E-state index in [-0.39, 0.29) is 0 Å². The number of benzene rings is 1. The third-order valence-electron chi connectivity index (χ3n) is 4.74. The van der Waals surface area contributed by atoms with Crippen LogP contribution in [0.25, 0.3) is 33.7 Å². The monoisotopic (exact) mass is 354 g/mol. The van der Waals surface area contributed by atoms with Gasteiger partial charge < -0.3 is 4.90 Å². The summed E-state index contributed by atoms with van der Waals surface area (Å²) in [7, 11) is 3.98. The maximum absolute atomic E-state index is 4.71. The van der Waals surface area contributed by atoms with E-state index in [1.54, 1.807) is 0 Å². The molecule has 0 spiro atoms. The van der Waals surface area contributed by atoms with Crippen molar-refractivity contribution in [1.82, 2.24) is 19.3 Å². The molecule has 3 aromatic heterocycles. The summed E-state index contributed by atoms with van der Waals surface area (Å²) >= 11 is 0. The Morgan fingerprint density at radius 2 is 1.74 bits per heavy atom. The summed E-state index contributed by atoms with van der Waals surface area (Å²) in [5.41, 5.74) is 8.19. The average molecular weight is 354 g/mol. The number of rotatable bonds is 4. The number of nitrogens with zero attached hydrogens (tertiary/aromatic N) is 4. The van der Waals surface area contributed by atoms with Crippen molar-refractivity contribution in [2.45, 2.75) is 6.92 Å². The third-order valence-corrected chi connectivity index (χ3v) is 4.74. The Hall–Kier alpha value is -3.40. The lowest BCUT2D eigenvalue weighted by molar-refractivity contribution is 0.590. The van der Waals surface area contributed by atoms with Gasteiger partial charge in [0.1, 0.15) is 5.65 Å². The lowest BCUT2D eigenvalue weighted by Crippen LogP contribution is -2.10. The Balaban J connectivity index is 1.89. The van der Waals surface area contributed by atoms with Crippen LogP contribution in [0.1, 0.15) is 11.4 Å². The molecule has 0 saturated carbocycles. The largest absolute Gasteiger partial charge is 0.376 e. The molecule has 4 aromatic rings. The lowest BCUT2D eigenvalue weighted by Gasteiger charge is -2.16. The van der Waals surface area contributed by atoms with Gasteiger partial charge in [-0.15, -0.1) is 0 Å². The molecule has 0 N–H and O–H groups in total. The quantitative estimate of drug-likeness (QED) is 0.522. The highest BCUT2D eigenvalue weighted by Crippen LogP contribution is 2.31. The van der Waals surface area contributed by atoms with Crippen molar-refractivity contribution in [2.24, 2.45) is 0 Å². The van der Waals surface area contributed by atoms with Crippen LogP contribution in [0.4, 0.5) is 0 Å². The van der Waals surface area contributed by atoms with Crippen molar-refractivity contribution >= 4 is 11.3 Å². The molecule has 1 aromatic carbocycles. The fourth-order valence-corrected chi connectivity index (χ4v) is 3.23. The number of hydrogen-bond acceptors (Lipinski definition) is 3. The second kappa shape index (κ2) is 6.72. The summed E-state index contributed by atoms with van der Waals surface area (Å²) in [6, 6.07) is 18.6. The Labute approximate surface area is 159 Å². The van der Waals surface area contributed by atoms with Crippen LogP contribution in [0.5, 0.6) is 0 Å². The van der Waals surface area contributed by atoms with Crippen molar-refractivity contribution in [3.05, 3.63) is 85.0 Å². The zero-order valence-corrected chi connectivity index (χ0v) is 15.8. The van der Waals surface area contributed by atoms with Gasteiger partial charge in [0, 0.05) is 31.5 Å². The van der Waals surface area contributed by atoms with Gasteiger partial charge in [0.15, 0.2) is 0 Å². The first-order valence-corrected chi connectivity index (χ1v) is 8.92. The van der Waals surface area contributed by atoms with Gasteiger partial charge >= 0.3 is 0 Å². The van der Waals surface area contributed by atoms with Gasteiger partial charge in [-0.2, -0.15) is 0 Å². The van der Waals surface area contributed by atoms with Crippen LogP contribution < -0.4 is 0 Å². The first-order valence-electron chi connectivity index (χ1n) is 8.92. The van der Waals surface area contributed by atoms with Crippen molar-refractivity contribution in [2.75, 3.05) is 14.1 Å². The molecule has 27 heavy (non-hydrogen) atoms. The summed E-state index contributed by atoms with van der Waals surface area (Å²) in [6.07, 6.45) is 4.00. The second-order valence-corrected chi connectivity index (χ2v) is 6.84. The van der Waals surface area contributed by atoms with Gasteiger partial charge in [-0.3, -0.25) is 9.38 Å². The van der Waals surface area contributed by atoms with E-state index >= 15 is 0 Å². The molecule has 0 aliphatic heterocycles. The number of hydrogen-bond donors (Lipinski definition) is 0. The van der Waals surface area contributed by atoms with E-state index in [2.05, 4.69) is 58.6 Å². The van der Waals surface area contributed by atoms with Gasteiger partial charge in [-0.1, -0.05) is 36.9 Å². The van der Waals surface area contributed by atoms with Crippen LogP contribution in [0.3, 0.4) is 0 Å². The minimum absolute atomic E-state index is 0.905. The summed E-state index contributed by atoms with van der Waals surface area (Å²) in [5.74, 6) is 0. The van der Waals surface area contributed by atoms with E-state index in [1.165, 1.54) is 0 Å². The van der Waals surface area contributed by atoms with Gasteiger partial charge in [0.05, 0.1) is 23.3 Å². The zero-order valence-electron chi connectivity index (χ0n) is 15.8. The van der Waals surface area contributed by atoms with Crippen LogP contribution in [0, 0.1) is 6.92 Å². The molecule has 0 aliphatic carbocycles. The minimum Gasteiger partial charge on any atom is -0.376 e. The number of imidazole rings is 1. The van der Waals surface area contributed by atoms with E-state index in [0.717, 1.165) is 45.1 Å². The number of aryl methyl sites for hydroxylation is 1. The van der Waals surface area contributed by atoms with Gasteiger partial charge in [0.2, 0.25) is 0 Å². The minimum atomic E-state index is 0.905. The predicted molar refractivity (Wildman–Crippen MR) is 111 cm³/mol. The lowest BCUT2D eigenvalue weighted by atomic mass is 9.98. The smallest absolute Gasteiger partial charge is 0.137 e. The van der Waals surface area contributed by atoms with Crippen LogP contribution >= 0.6 is 0 Å². The van der Waals surface area contributed by atoms with Gasteiger partial charge in [0.25, 0.3) is 0 Å². The number of pyridine rings is 2. The maximum atomic E-state index is 4.71. The standard InChI is InChI=1S/C23H22N4/c1-16-8-7-11-21(25-16)20-10-6-5-9-19(20)18-12-13-23-24-14-22(27(23)15-18)17(2)26(3)4/h5-15H,2H2,1,3-4H3. The first kappa shape index (κ1) is 17.0. The third kappa shape index (κ3) is 3.10. The van der Waals surface area contributed by atoms with Crippen LogP contribution in [0.15, 0.2) is 73.6 Å². The van der Waals surface area contributed by atoms with E-state index < -0.39 is 0 Å². The molecule has 134 valence electrons. The molecule has 0 aliphatic rings. The molecule has 4 heteroatoms. The Bertz CT molecular complexity index is 1140. The fraction of sp³-hybridized carbons (Fsp3) is 0.130. The predicted octanol–water partition coefficient (Wildman–Crippen LogP) is 4.90. The van der Waals surface area contributed by atoms with E-state index in [9.17, 15) is 0 Å². The van der Waals surface area contributed by atoms with Crippen LogP contribution in [-0.2, 0) is 0 Å². The fourth-order valence-electron chi connectivity index (χ4n) is 3.23. The second-order valence-electron chi connectivity index (χ2n) is 6.84. The molecule has 0 unspecified atom stereocenters. The van der Waals surface area contributed by atoms with Crippen molar-refractivity contribution in [1.29, 1.82) is 0 Å². The Morgan fingerprint density at radius 1 is 0.963 bits per heavy atom. The summed E-state index contributed by atoms with van der Waals surface area (Å²) in [5, 5.41) is 0. The molecular formula is C23H22N4. The number of fused-ring (bicyclic) bond motifs is 1. The highest BCUT2D eigenvalue weighted by Gasteiger charge is 2.12. The highest BCUT2D eigenvalue weighted by atomic mass is 15.1. The topological polar surface area (TPSA) is 33.4 Å². The SMILES string of the molecule is C=C(c1cnc2ccc(-c3ccccc3-c3cccc(C)n3)cn12)N(C)C. The zero-order chi connectivity index (χ0) is 19.0. The van der Waals surface area contributed by atoms with Crippen molar-refractivity contribution in [3.8, 4) is 22.4 Å². The summed E-state index contributed by atoms with van der Waals surface area (Å²) < 4.78 is 2.10. The molecular weight excluding hydrogens is 332 g/mol. The molecule has 4 rings (SSSR count). The summed E-state index contributed by atoms with van der Waals surface area (Å²) in [6.45, 7) is 6.20. The molecule has 0 bridgehead atoms. The van der Waals surface area contributed by atoms with Crippen molar-refractivity contribution < 1.29 is 0 Å². The maximum Gasteiger partial charge on any atom is 0.137 e. The molecule has 0 saturated heterocycles. The molecule has 0 amide bonds. The van der Waals surface area contributed by atoms with Crippen molar-refractivity contribution in [3.63, 3.8) is 0 Å². The van der Waals surface area contributed by atoms with Crippen LogP contribution in [0.2, 0.25) is 0 Å². The summed E-state index contributed by atoms with van der Waals surface area (Å²) in [4.78, 5) is 11.2. The van der Waals surface area contributed by atoms with E-state index in [0.29, 0.717) is 0 Å². The Morgan fingerprint density at radius 3 is 2.48 bits per heavy atom. The van der Waals surface area contributed by atoms with Gasteiger partial charge in [-0.05, 0) is 42.3 Å². The molecule has 4 nitrogen and oxygen atoms in total. The average Bonchev–Trinajstić information content (AvgIpc) is 3.10. The van der Waals surface area contributed by atoms with E-state index in [4.69, 9.17) is 4.98 Å². The molecule has 3 heterocycles. The Kier molecular flexibility index (Phi) is 4.24. The first-order chi connectivity index (χ1) is 13.0. The number of aromatic nitrogens is 3. The molecule has 0 atom stereocenters.